The Morgan fingerprint density at radius 3 is 1.61 bits per heavy atom. The first kappa shape index (κ1) is 22.1. The van der Waals surface area contributed by atoms with Crippen LogP contribution in [0.4, 0.5) is 0 Å². The molecule has 2 heterocycles. The van der Waals surface area contributed by atoms with Crippen LogP contribution >= 0.6 is 11.6 Å². The van der Waals surface area contributed by atoms with Gasteiger partial charge >= 0.3 is 0 Å². The number of aromatic nitrogens is 3. The van der Waals surface area contributed by atoms with Crippen LogP contribution in [0.25, 0.3) is 10.9 Å². The zero-order valence-electron chi connectivity index (χ0n) is 19.3. The summed E-state index contributed by atoms with van der Waals surface area (Å²) < 4.78 is 8.32. The molecule has 0 unspecified atom stereocenters. The number of ether oxygens (including phenoxy) is 1. The van der Waals surface area contributed by atoms with E-state index in [9.17, 15) is 0 Å². The van der Waals surface area contributed by atoms with Crippen molar-refractivity contribution in [3.8, 4) is 11.6 Å². The predicted molar refractivity (Wildman–Crippen MR) is 144 cm³/mol. The Hall–Kier alpha value is -4.41. The first-order valence-corrected chi connectivity index (χ1v) is 12.1. The first-order valence-electron chi connectivity index (χ1n) is 11.7. The number of para-hydroxylation sites is 1. The van der Waals surface area contributed by atoms with Crippen LogP contribution in [0.2, 0.25) is 5.15 Å². The Kier molecular flexibility index (Phi) is 5.72. The highest BCUT2D eigenvalue weighted by atomic mass is 35.5. The number of benzene rings is 4. The summed E-state index contributed by atoms with van der Waals surface area (Å²) in [5.74, 6) is 1.16. The molecule has 0 amide bonds. The maximum atomic E-state index is 6.46. The zero-order valence-corrected chi connectivity index (χ0v) is 20.1. The number of fused-ring (bicyclic) bond motifs is 1. The molecule has 4 nitrogen and oxygen atoms in total. The van der Waals surface area contributed by atoms with Gasteiger partial charge in [0.1, 0.15) is 16.4 Å². The number of hydrogen-bond donors (Lipinski definition) is 0. The fraction of sp³-hybridized carbons (Fsp3) is 0.0323. The molecular weight excluding hydrogens is 466 g/mol. The molecule has 0 aliphatic rings. The molecule has 2 aromatic heterocycles. The molecule has 4 aromatic carbocycles. The quantitative estimate of drug-likeness (QED) is 0.178. The molecule has 0 spiro atoms. The molecule has 0 N–H and O–H groups in total. The van der Waals surface area contributed by atoms with Crippen LogP contribution in [0.1, 0.15) is 16.7 Å². The molecule has 6 rings (SSSR count). The smallest absolute Gasteiger partial charge is 0.247 e. The molecule has 0 fully saturated rings. The van der Waals surface area contributed by atoms with Crippen LogP contribution < -0.4 is 4.74 Å². The minimum Gasteiger partial charge on any atom is -0.437 e. The monoisotopic (exact) mass is 487 g/mol. The van der Waals surface area contributed by atoms with Gasteiger partial charge in [-0.3, -0.25) is 0 Å². The Bertz CT molecular complexity index is 1510. The van der Waals surface area contributed by atoms with Gasteiger partial charge in [-0.25, -0.2) is 9.67 Å². The van der Waals surface area contributed by atoms with E-state index in [2.05, 4.69) is 77.8 Å². The van der Waals surface area contributed by atoms with E-state index in [-0.39, 0.29) is 0 Å². The van der Waals surface area contributed by atoms with Gasteiger partial charge in [0.2, 0.25) is 5.88 Å². The van der Waals surface area contributed by atoms with Gasteiger partial charge in [0.25, 0.3) is 0 Å². The summed E-state index contributed by atoms with van der Waals surface area (Å²) in [5.41, 5.74) is 3.20. The number of pyridine rings is 1. The van der Waals surface area contributed by atoms with Crippen molar-refractivity contribution in [1.29, 1.82) is 0 Å². The number of nitrogens with zero attached hydrogens (tertiary/aromatic N) is 3. The van der Waals surface area contributed by atoms with E-state index in [4.69, 9.17) is 21.4 Å². The summed E-state index contributed by atoms with van der Waals surface area (Å²) in [6.07, 6.45) is 1.73. The molecule has 0 atom stereocenters. The summed E-state index contributed by atoms with van der Waals surface area (Å²) >= 11 is 6.46. The Morgan fingerprint density at radius 2 is 1.11 bits per heavy atom. The molecule has 6 aromatic rings. The molecule has 36 heavy (non-hydrogen) atoms. The third kappa shape index (κ3) is 3.72. The van der Waals surface area contributed by atoms with Crippen LogP contribution in [0, 0.1) is 0 Å². The van der Waals surface area contributed by atoms with E-state index in [0.717, 1.165) is 27.6 Å². The summed E-state index contributed by atoms with van der Waals surface area (Å²) in [4.78, 5) is 4.36. The van der Waals surface area contributed by atoms with Gasteiger partial charge in [0, 0.05) is 12.3 Å². The van der Waals surface area contributed by atoms with Crippen molar-refractivity contribution in [3.63, 3.8) is 0 Å². The number of rotatable bonds is 6. The molecule has 0 aliphatic carbocycles. The highest BCUT2D eigenvalue weighted by molar-refractivity contribution is 6.30. The highest BCUT2D eigenvalue weighted by Crippen LogP contribution is 2.44. The normalized spacial score (nSPS) is 11.5. The van der Waals surface area contributed by atoms with Crippen molar-refractivity contribution in [3.05, 3.63) is 155 Å². The van der Waals surface area contributed by atoms with Gasteiger partial charge in [-0.2, -0.15) is 0 Å². The minimum atomic E-state index is -0.801. The van der Waals surface area contributed by atoms with Crippen molar-refractivity contribution in [2.24, 2.45) is 0 Å². The molecule has 0 saturated carbocycles. The van der Waals surface area contributed by atoms with Crippen molar-refractivity contribution in [2.75, 3.05) is 0 Å². The molecule has 174 valence electrons. The van der Waals surface area contributed by atoms with Gasteiger partial charge in [-0.1, -0.05) is 121 Å². The fourth-order valence-corrected chi connectivity index (χ4v) is 4.95. The predicted octanol–water partition coefficient (Wildman–Crippen LogP) is 7.72. The zero-order chi connectivity index (χ0) is 24.4. The second-order valence-electron chi connectivity index (χ2n) is 8.46. The minimum absolute atomic E-state index is 0.387. The third-order valence-corrected chi connectivity index (χ3v) is 6.56. The summed E-state index contributed by atoms with van der Waals surface area (Å²) in [6, 6.07) is 42.7. The van der Waals surface area contributed by atoms with Crippen molar-refractivity contribution >= 4 is 22.5 Å². The van der Waals surface area contributed by atoms with Gasteiger partial charge in [-0.05, 0) is 28.8 Å². The van der Waals surface area contributed by atoms with E-state index >= 15 is 0 Å². The molecule has 0 bridgehead atoms. The van der Waals surface area contributed by atoms with Gasteiger partial charge < -0.3 is 4.74 Å². The van der Waals surface area contributed by atoms with Crippen LogP contribution in [0.15, 0.2) is 134 Å². The summed E-state index contributed by atoms with van der Waals surface area (Å²) in [7, 11) is 0. The SMILES string of the molecule is Clc1cc2c(cn1)c(Oc1ccccc1)nn2C(c1ccccc1)(c1ccccc1)c1ccccc1. The molecule has 0 saturated heterocycles. The van der Waals surface area contributed by atoms with E-state index in [1.807, 2.05) is 59.3 Å². The molecule has 0 radical (unpaired) electrons. The van der Waals surface area contributed by atoms with Crippen LogP contribution in [0.5, 0.6) is 11.6 Å². The number of halogens is 1. The summed E-state index contributed by atoms with van der Waals surface area (Å²) in [5, 5.41) is 6.28. The average molecular weight is 488 g/mol. The van der Waals surface area contributed by atoms with E-state index in [1.54, 1.807) is 6.20 Å². The average Bonchev–Trinajstić information content (AvgIpc) is 3.29. The lowest BCUT2D eigenvalue weighted by Gasteiger charge is -2.36. The topological polar surface area (TPSA) is 39.9 Å². The van der Waals surface area contributed by atoms with Crippen molar-refractivity contribution in [1.82, 2.24) is 14.8 Å². The van der Waals surface area contributed by atoms with E-state index in [0.29, 0.717) is 16.8 Å². The Morgan fingerprint density at radius 1 is 0.639 bits per heavy atom. The second kappa shape index (κ2) is 9.33. The second-order valence-corrected chi connectivity index (χ2v) is 8.85. The number of hydrogen-bond acceptors (Lipinski definition) is 3. The standard InChI is InChI=1S/C31H22ClN3O/c32-29-21-28-27(22-33-29)30(36-26-19-11-4-12-20-26)34-35(28)31(23-13-5-1-6-14-23,24-15-7-2-8-16-24)25-17-9-3-10-18-25/h1-22H. The van der Waals surface area contributed by atoms with E-state index < -0.39 is 5.54 Å². The maximum absolute atomic E-state index is 6.46. The molecular formula is C31H22ClN3O. The van der Waals surface area contributed by atoms with E-state index in [1.165, 1.54) is 0 Å². The molecule has 5 heteroatoms. The van der Waals surface area contributed by atoms with Crippen LogP contribution in [-0.2, 0) is 5.54 Å². The lowest BCUT2D eigenvalue weighted by atomic mass is 9.77. The largest absolute Gasteiger partial charge is 0.437 e. The van der Waals surface area contributed by atoms with Crippen LogP contribution in [-0.4, -0.2) is 14.8 Å². The third-order valence-electron chi connectivity index (χ3n) is 6.35. The van der Waals surface area contributed by atoms with Crippen molar-refractivity contribution < 1.29 is 4.74 Å². The lowest BCUT2D eigenvalue weighted by Crippen LogP contribution is -2.38. The fourth-order valence-electron chi connectivity index (χ4n) is 4.79. The Labute approximate surface area is 214 Å². The van der Waals surface area contributed by atoms with Crippen LogP contribution in [0.3, 0.4) is 0 Å². The lowest BCUT2D eigenvalue weighted by molar-refractivity contribution is 0.420. The van der Waals surface area contributed by atoms with Crippen molar-refractivity contribution in [2.45, 2.75) is 5.54 Å². The van der Waals surface area contributed by atoms with Gasteiger partial charge in [0.15, 0.2) is 0 Å². The van der Waals surface area contributed by atoms with Gasteiger partial charge in [0.05, 0.1) is 10.9 Å². The molecule has 0 aliphatic heterocycles. The van der Waals surface area contributed by atoms with Gasteiger partial charge in [-0.15, -0.1) is 5.10 Å². The Balaban J connectivity index is 1.73. The summed E-state index contributed by atoms with van der Waals surface area (Å²) in [6.45, 7) is 0. The highest BCUT2D eigenvalue weighted by Gasteiger charge is 2.41. The maximum Gasteiger partial charge on any atom is 0.247 e. The first-order chi connectivity index (χ1) is 17.8.